The molecule has 0 aromatic carbocycles. The van der Waals surface area contributed by atoms with Gasteiger partial charge in [-0.1, -0.05) is 13.3 Å². The summed E-state index contributed by atoms with van der Waals surface area (Å²) < 4.78 is 0. The van der Waals surface area contributed by atoms with E-state index < -0.39 is 0 Å². The fourth-order valence-electron chi connectivity index (χ4n) is 3.58. The number of aliphatic hydroxyl groups excluding tert-OH is 1. The van der Waals surface area contributed by atoms with Gasteiger partial charge in [-0.3, -0.25) is 4.99 Å². The molecule has 5 heteroatoms. The van der Waals surface area contributed by atoms with Gasteiger partial charge in [-0.2, -0.15) is 0 Å². The van der Waals surface area contributed by atoms with Gasteiger partial charge in [0.2, 0.25) is 0 Å². The van der Waals surface area contributed by atoms with Crippen LogP contribution in [0.4, 0.5) is 0 Å². The Balaban J connectivity index is 0.00000133. The van der Waals surface area contributed by atoms with Gasteiger partial charge in [-0.15, -0.1) is 24.0 Å². The van der Waals surface area contributed by atoms with E-state index in [1.54, 1.807) is 0 Å². The Hall–Kier alpha value is -0.0400. The first-order valence-electron chi connectivity index (χ1n) is 7.47. The minimum atomic E-state index is -0.101. The van der Waals surface area contributed by atoms with E-state index in [0.717, 1.165) is 44.4 Å². The Bertz CT molecular complexity index is 337. The number of piperidine rings is 1. The maximum absolute atomic E-state index is 9.84. The monoisotopic (exact) mass is 379 g/mol. The highest BCUT2D eigenvalue weighted by Gasteiger charge is 2.33. The first kappa shape index (κ1) is 15.4. The molecule has 2 aliphatic heterocycles. The number of fused-ring (bicyclic) bond motifs is 1. The van der Waals surface area contributed by atoms with Crippen LogP contribution in [0.15, 0.2) is 4.99 Å². The highest BCUT2D eigenvalue weighted by atomic mass is 127. The largest absolute Gasteiger partial charge is 0.393 e. The molecule has 1 saturated carbocycles. The van der Waals surface area contributed by atoms with E-state index >= 15 is 0 Å². The van der Waals surface area contributed by atoms with Gasteiger partial charge in [0.25, 0.3) is 0 Å². The first-order chi connectivity index (χ1) is 8.74. The van der Waals surface area contributed by atoms with Gasteiger partial charge in [0.05, 0.1) is 18.7 Å². The Morgan fingerprint density at radius 3 is 2.89 bits per heavy atom. The van der Waals surface area contributed by atoms with Crippen molar-refractivity contribution in [3.05, 3.63) is 0 Å². The number of halogens is 1. The normalized spacial score (nSPS) is 37.6. The van der Waals surface area contributed by atoms with E-state index in [4.69, 9.17) is 0 Å². The molecule has 0 bridgehead atoms. The number of aliphatic imine (C=N–C) groups is 1. The maximum atomic E-state index is 9.84. The van der Waals surface area contributed by atoms with E-state index in [1.807, 2.05) is 0 Å². The summed E-state index contributed by atoms with van der Waals surface area (Å²) >= 11 is 0. The number of rotatable bonds is 2. The zero-order chi connectivity index (χ0) is 12.5. The molecule has 0 aromatic rings. The van der Waals surface area contributed by atoms with Crippen molar-refractivity contribution in [3.8, 4) is 0 Å². The molecule has 4 unspecified atom stereocenters. The maximum Gasteiger partial charge on any atom is 0.194 e. The van der Waals surface area contributed by atoms with Gasteiger partial charge in [0.1, 0.15) is 0 Å². The van der Waals surface area contributed by atoms with Gasteiger partial charge < -0.3 is 15.3 Å². The molecule has 110 valence electrons. The van der Waals surface area contributed by atoms with Crippen molar-refractivity contribution in [1.29, 1.82) is 0 Å². The average Bonchev–Trinajstić information content (AvgIpc) is 2.93. The van der Waals surface area contributed by atoms with Crippen LogP contribution in [-0.2, 0) is 0 Å². The van der Waals surface area contributed by atoms with Crippen LogP contribution in [0.2, 0.25) is 0 Å². The molecule has 1 aliphatic carbocycles. The van der Waals surface area contributed by atoms with E-state index in [1.165, 1.54) is 19.3 Å². The Morgan fingerprint density at radius 2 is 2.16 bits per heavy atom. The average molecular weight is 379 g/mol. The summed E-state index contributed by atoms with van der Waals surface area (Å²) in [6.45, 7) is 5.32. The third-order valence-electron chi connectivity index (χ3n) is 4.81. The predicted octanol–water partition coefficient (Wildman–Crippen LogP) is 1.83. The van der Waals surface area contributed by atoms with Crippen molar-refractivity contribution in [2.45, 2.75) is 51.2 Å². The highest BCUT2D eigenvalue weighted by molar-refractivity contribution is 14.0. The van der Waals surface area contributed by atoms with Crippen molar-refractivity contribution in [3.63, 3.8) is 0 Å². The van der Waals surface area contributed by atoms with Crippen LogP contribution in [0.3, 0.4) is 0 Å². The second-order valence-corrected chi connectivity index (χ2v) is 6.29. The van der Waals surface area contributed by atoms with Crippen molar-refractivity contribution in [2.75, 3.05) is 19.6 Å². The molecule has 0 spiro atoms. The number of hydrogen-bond donors (Lipinski definition) is 2. The molecule has 2 N–H and O–H groups in total. The van der Waals surface area contributed by atoms with Crippen LogP contribution in [0.5, 0.6) is 0 Å². The van der Waals surface area contributed by atoms with Crippen molar-refractivity contribution >= 4 is 29.9 Å². The van der Waals surface area contributed by atoms with Gasteiger partial charge in [-0.25, -0.2) is 0 Å². The van der Waals surface area contributed by atoms with Gasteiger partial charge in [0, 0.05) is 19.0 Å². The van der Waals surface area contributed by atoms with E-state index in [0.29, 0.717) is 12.0 Å². The summed E-state index contributed by atoms with van der Waals surface area (Å²) in [4.78, 5) is 7.10. The number of guanidine groups is 1. The topological polar surface area (TPSA) is 47.9 Å². The lowest BCUT2D eigenvalue weighted by Crippen LogP contribution is -2.49. The highest BCUT2D eigenvalue weighted by Crippen LogP contribution is 2.27. The summed E-state index contributed by atoms with van der Waals surface area (Å²) in [6.07, 6.45) is 5.82. The molecule has 4 atom stereocenters. The molecule has 3 aliphatic rings. The zero-order valence-corrected chi connectivity index (χ0v) is 14.0. The fourth-order valence-corrected chi connectivity index (χ4v) is 3.58. The van der Waals surface area contributed by atoms with Crippen LogP contribution in [-0.4, -0.2) is 47.7 Å². The minimum absolute atomic E-state index is 0. The smallest absolute Gasteiger partial charge is 0.194 e. The Kier molecular flexibility index (Phi) is 5.34. The van der Waals surface area contributed by atoms with Crippen molar-refractivity contribution in [1.82, 2.24) is 10.2 Å². The Labute approximate surface area is 133 Å². The SMILES string of the molecule is CC1CCC2CN=C(NCC3CCCC3O)N2C1.I. The summed E-state index contributed by atoms with van der Waals surface area (Å²) in [7, 11) is 0. The zero-order valence-electron chi connectivity index (χ0n) is 11.7. The molecule has 0 amide bonds. The minimum Gasteiger partial charge on any atom is -0.393 e. The number of aliphatic hydroxyl groups is 1. The van der Waals surface area contributed by atoms with Gasteiger partial charge >= 0.3 is 0 Å². The molecule has 3 rings (SSSR count). The van der Waals surface area contributed by atoms with E-state index in [9.17, 15) is 5.11 Å². The molecule has 1 saturated heterocycles. The quantitative estimate of drug-likeness (QED) is 0.720. The van der Waals surface area contributed by atoms with E-state index in [2.05, 4.69) is 22.1 Å². The molecule has 19 heavy (non-hydrogen) atoms. The fraction of sp³-hybridized carbons (Fsp3) is 0.929. The molecular weight excluding hydrogens is 353 g/mol. The van der Waals surface area contributed by atoms with Crippen LogP contribution in [0.25, 0.3) is 0 Å². The standard InChI is InChI=1S/C14H25N3O.HI/c1-10-5-6-12-8-16-14(17(12)9-10)15-7-11-3-2-4-13(11)18;/h10-13,18H,2-9H2,1H3,(H,15,16);1H. The first-order valence-corrected chi connectivity index (χ1v) is 7.47. The lowest BCUT2D eigenvalue weighted by molar-refractivity contribution is 0.133. The summed E-state index contributed by atoms with van der Waals surface area (Å²) in [5, 5.41) is 13.3. The molecular formula is C14H26IN3O. The number of nitrogens with one attached hydrogen (secondary N) is 1. The van der Waals surface area contributed by atoms with Gasteiger partial charge in [0.15, 0.2) is 5.96 Å². The Morgan fingerprint density at radius 1 is 1.32 bits per heavy atom. The molecule has 2 heterocycles. The lowest BCUT2D eigenvalue weighted by Gasteiger charge is -2.36. The van der Waals surface area contributed by atoms with Crippen molar-refractivity contribution < 1.29 is 5.11 Å². The molecule has 0 radical (unpaired) electrons. The van der Waals surface area contributed by atoms with Crippen LogP contribution >= 0.6 is 24.0 Å². The summed E-state index contributed by atoms with van der Waals surface area (Å²) in [6, 6.07) is 0.636. The van der Waals surface area contributed by atoms with Crippen LogP contribution in [0.1, 0.15) is 39.0 Å². The van der Waals surface area contributed by atoms with Crippen LogP contribution in [0, 0.1) is 11.8 Å². The predicted molar refractivity (Wildman–Crippen MR) is 88.0 cm³/mol. The second-order valence-electron chi connectivity index (χ2n) is 6.29. The molecule has 2 fully saturated rings. The third-order valence-corrected chi connectivity index (χ3v) is 4.81. The van der Waals surface area contributed by atoms with Crippen molar-refractivity contribution in [2.24, 2.45) is 16.8 Å². The lowest BCUT2D eigenvalue weighted by atomic mass is 9.95. The summed E-state index contributed by atoms with van der Waals surface area (Å²) in [5.41, 5.74) is 0. The molecule has 0 aromatic heterocycles. The summed E-state index contributed by atoms with van der Waals surface area (Å²) in [5.74, 6) is 2.29. The third kappa shape index (κ3) is 3.35. The molecule has 4 nitrogen and oxygen atoms in total. The number of nitrogens with zero attached hydrogens (tertiary/aromatic N) is 2. The van der Waals surface area contributed by atoms with Gasteiger partial charge in [-0.05, 0) is 31.6 Å². The van der Waals surface area contributed by atoms with E-state index in [-0.39, 0.29) is 30.1 Å². The second kappa shape index (κ2) is 6.61. The van der Waals surface area contributed by atoms with Crippen LogP contribution < -0.4 is 5.32 Å². The number of hydrogen-bond acceptors (Lipinski definition) is 4.